The van der Waals surface area contributed by atoms with Crippen molar-refractivity contribution in [3.05, 3.63) is 59.4 Å². The Morgan fingerprint density at radius 2 is 2.21 bits per heavy atom. The summed E-state index contributed by atoms with van der Waals surface area (Å²) in [6.07, 6.45) is 2.75. The highest BCUT2D eigenvalue weighted by atomic mass is 16.5. The number of nitrogens with zero attached hydrogens (tertiary/aromatic N) is 2. The number of aryl methyl sites for hydroxylation is 1. The molecule has 24 heavy (non-hydrogen) atoms. The number of aromatic nitrogens is 1. The molecule has 0 radical (unpaired) electrons. The average Bonchev–Trinajstić information content (AvgIpc) is 3.01. The molecule has 1 aliphatic heterocycles. The van der Waals surface area contributed by atoms with E-state index in [-0.39, 0.29) is 12.5 Å². The van der Waals surface area contributed by atoms with Crippen LogP contribution in [0.4, 0.5) is 5.82 Å². The number of anilines is 1. The van der Waals surface area contributed by atoms with Crippen LogP contribution in [0.1, 0.15) is 23.8 Å². The van der Waals surface area contributed by atoms with Gasteiger partial charge in [-0.15, -0.1) is 0 Å². The highest BCUT2D eigenvalue weighted by molar-refractivity contribution is 5.94. The lowest BCUT2D eigenvalue weighted by Crippen LogP contribution is -2.40. The molecule has 126 valence electrons. The number of hydrogen-bond acceptors (Lipinski definition) is 5. The van der Waals surface area contributed by atoms with Crippen molar-refractivity contribution in [3.8, 4) is 0 Å². The summed E-state index contributed by atoms with van der Waals surface area (Å²) in [5.74, 6) is 0.924. The Morgan fingerprint density at radius 1 is 1.42 bits per heavy atom. The summed E-state index contributed by atoms with van der Waals surface area (Å²) in [7, 11) is 0. The predicted octanol–water partition coefficient (Wildman–Crippen LogP) is 2.29. The second-order valence-corrected chi connectivity index (χ2v) is 5.89. The molecule has 1 aromatic heterocycles. The van der Waals surface area contributed by atoms with Crippen LogP contribution in [0.2, 0.25) is 0 Å². The number of rotatable bonds is 5. The van der Waals surface area contributed by atoms with E-state index < -0.39 is 6.04 Å². The summed E-state index contributed by atoms with van der Waals surface area (Å²) in [5, 5.41) is 15.9. The van der Waals surface area contributed by atoms with E-state index in [1.54, 1.807) is 13.0 Å². The molecule has 6 heteroatoms. The lowest BCUT2D eigenvalue weighted by molar-refractivity contribution is -0.121. The van der Waals surface area contributed by atoms with E-state index in [1.807, 2.05) is 36.4 Å². The van der Waals surface area contributed by atoms with Crippen LogP contribution < -0.4 is 5.32 Å². The number of benzene rings is 1. The van der Waals surface area contributed by atoms with E-state index in [9.17, 15) is 9.90 Å². The van der Waals surface area contributed by atoms with E-state index in [0.717, 1.165) is 24.1 Å². The summed E-state index contributed by atoms with van der Waals surface area (Å²) in [4.78, 5) is 15.0. The SMILES string of the molecule is Cc1cc(NC(=O)C(c2ccccc2)N2CC=C(CO)CC2)no1. The fourth-order valence-corrected chi connectivity index (χ4v) is 2.89. The van der Waals surface area contributed by atoms with Crippen LogP contribution in [0.5, 0.6) is 0 Å². The first kappa shape index (κ1) is 16.4. The number of amides is 1. The zero-order valence-corrected chi connectivity index (χ0v) is 13.6. The topological polar surface area (TPSA) is 78.6 Å². The molecule has 0 spiro atoms. The van der Waals surface area contributed by atoms with Gasteiger partial charge in [-0.2, -0.15) is 0 Å². The van der Waals surface area contributed by atoms with Gasteiger partial charge in [-0.05, 0) is 24.5 Å². The van der Waals surface area contributed by atoms with Crippen molar-refractivity contribution < 1.29 is 14.4 Å². The maximum atomic E-state index is 12.9. The molecule has 3 rings (SSSR count). The normalized spacial score (nSPS) is 16.5. The van der Waals surface area contributed by atoms with Crippen LogP contribution in [0.15, 0.2) is 52.6 Å². The van der Waals surface area contributed by atoms with Gasteiger partial charge in [0, 0.05) is 19.2 Å². The average molecular weight is 327 g/mol. The van der Waals surface area contributed by atoms with Crippen LogP contribution >= 0.6 is 0 Å². The van der Waals surface area contributed by atoms with Crippen molar-refractivity contribution in [1.29, 1.82) is 0 Å². The number of aliphatic hydroxyl groups excluding tert-OH is 1. The van der Waals surface area contributed by atoms with Crippen LogP contribution in [-0.2, 0) is 4.79 Å². The largest absolute Gasteiger partial charge is 0.392 e. The van der Waals surface area contributed by atoms with Crippen molar-refractivity contribution in [2.45, 2.75) is 19.4 Å². The third-order valence-corrected chi connectivity index (χ3v) is 4.15. The predicted molar refractivity (Wildman–Crippen MR) is 90.4 cm³/mol. The second kappa shape index (κ2) is 7.42. The highest BCUT2D eigenvalue weighted by Crippen LogP contribution is 2.26. The summed E-state index contributed by atoms with van der Waals surface area (Å²) in [6, 6.07) is 11.0. The molecular weight excluding hydrogens is 306 g/mol. The molecule has 1 unspecified atom stereocenters. The van der Waals surface area contributed by atoms with Crippen molar-refractivity contribution in [2.24, 2.45) is 0 Å². The van der Waals surface area contributed by atoms with Gasteiger partial charge >= 0.3 is 0 Å². The van der Waals surface area contributed by atoms with Crippen LogP contribution in [0, 0.1) is 6.92 Å². The Labute approximate surface area is 140 Å². The van der Waals surface area contributed by atoms with E-state index in [0.29, 0.717) is 18.1 Å². The highest BCUT2D eigenvalue weighted by Gasteiger charge is 2.29. The lowest BCUT2D eigenvalue weighted by Gasteiger charge is -2.33. The Balaban J connectivity index is 1.82. The molecule has 2 heterocycles. The smallest absolute Gasteiger partial charge is 0.247 e. The van der Waals surface area contributed by atoms with Crippen LogP contribution in [-0.4, -0.2) is 40.8 Å². The number of aliphatic hydroxyl groups is 1. The molecule has 2 N–H and O–H groups in total. The molecule has 0 fully saturated rings. The molecule has 0 aliphatic carbocycles. The Morgan fingerprint density at radius 3 is 2.79 bits per heavy atom. The molecule has 1 aromatic carbocycles. The summed E-state index contributed by atoms with van der Waals surface area (Å²) < 4.78 is 5.01. The van der Waals surface area contributed by atoms with E-state index in [2.05, 4.69) is 15.4 Å². The van der Waals surface area contributed by atoms with E-state index in [1.165, 1.54) is 0 Å². The standard InChI is InChI=1S/C18H21N3O3/c1-13-11-16(20-24-13)19-18(23)17(15-5-3-2-4-6-15)21-9-7-14(12-22)8-10-21/h2-7,11,17,22H,8-10,12H2,1H3,(H,19,20,23). The maximum Gasteiger partial charge on any atom is 0.247 e. The summed E-state index contributed by atoms with van der Waals surface area (Å²) >= 11 is 0. The quantitative estimate of drug-likeness (QED) is 0.824. The molecule has 6 nitrogen and oxygen atoms in total. The molecule has 0 bridgehead atoms. The maximum absolute atomic E-state index is 12.9. The van der Waals surface area contributed by atoms with Crippen molar-refractivity contribution in [2.75, 3.05) is 25.0 Å². The lowest BCUT2D eigenvalue weighted by atomic mass is 10.0. The molecule has 1 atom stereocenters. The number of carbonyl (C=O) groups is 1. The molecule has 1 aliphatic rings. The van der Waals surface area contributed by atoms with Gasteiger partial charge in [0.25, 0.3) is 0 Å². The number of hydrogen-bond donors (Lipinski definition) is 2. The molecular formula is C18H21N3O3. The van der Waals surface area contributed by atoms with Gasteiger partial charge in [-0.1, -0.05) is 41.6 Å². The van der Waals surface area contributed by atoms with Gasteiger partial charge in [-0.25, -0.2) is 0 Å². The van der Waals surface area contributed by atoms with Crippen LogP contribution in [0.3, 0.4) is 0 Å². The Kier molecular flexibility index (Phi) is 5.08. The molecule has 2 aromatic rings. The van der Waals surface area contributed by atoms with Crippen molar-refractivity contribution >= 4 is 11.7 Å². The first-order valence-corrected chi connectivity index (χ1v) is 7.99. The third kappa shape index (κ3) is 3.72. The fraction of sp³-hybridized carbons (Fsp3) is 0.333. The second-order valence-electron chi connectivity index (χ2n) is 5.89. The van der Waals surface area contributed by atoms with Gasteiger partial charge < -0.3 is 14.9 Å². The van der Waals surface area contributed by atoms with Crippen molar-refractivity contribution in [3.63, 3.8) is 0 Å². The van der Waals surface area contributed by atoms with Crippen molar-refractivity contribution in [1.82, 2.24) is 10.1 Å². The van der Waals surface area contributed by atoms with Gasteiger partial charge in [0.15, 0.2) is 5.82 Å². The zero-order chi connectivity index (χ0) is 16.9. The van der Waals surface area contributed by atoms with Gasteiger partial charge in [0.05, 0.1) is 6.61 Å². The molecule has 1 amide bonds. The zero-order valence-electron chi connectivity index (χ0n) is 13.6. The fourth-order valence-electron chi connectivity index (χ4n) is 2.89. The van der Waals surface area contributed by atoms with Gasteiger partial charge in [0.1, 0.15) is 11.8 Å². The summed E-state index contributed by atoms with van der Waals surface area (Å²) in [6.45, 7) is 3.20. The van der Waals surface area contributed by atoms with E-state index >= 15 is 0 Å². The number of nitrogens with one attached hydrogen (secondary N) is 1. The molecule has 0 saturated carbocycles. The minimum atomic E-state index is -0.417. The van der Waals surface area contributed by atoms with E-state index in [4.69, 9.17) is 4.52 Å². The number of carbonyl (C=O) groups excluding carboxylic acids is 1. The van der Waals surface area contributed by atoms with Gasteiger partial charge in [-0.3, -0.25) is 9.69 Å². The first-order chi connectivity index (χ1) is 11.7. The Hall–Kier alpha value is -2.44. The molecule has 0 saturated heterocycles. The third-order valence-electron chi connectivity index (χ3n) is 4.15. The summed E-state index contributed by atoms with van der Waals surface area (Å²) in [5.41, 5.74) is 1.95. The monoisotopic (exact) mass is 327 g/mol. The minimum absolute atomic E-state index is 0.0776. The van der Waals surface area contributed by atoms with Crippen LogP contribution in [0.25, 0.3) is 0 Å². The first-order valence-electron chi connectivity index (χ1n) is 7.99. The Bertz CT molecular complexity index is 724. The minimum Gasteiger partial charge on any atom is -0.392 e. The van der Waals surface area contributed by atoms with Gasteiger partial charge in [0.2, 0.25) is 5.91 Å².